The van der Waals surface area contributed by atoms with Crippen LogP contribution in [0.2, 0.25) is 5.15 Å². The fourth-order valence-electron chi connectivity index (χ4n) is 3.58. The number of aromatic nitrogens is 6. The molecule has 2 aromatic heterocycles. The van der Waals surface area contributed by atoms with Crippen molar-refractivity contribution in [1.29, 1.82) is 0 Å². The summed E-state index contributed by atoms with van der Waals surface area (Å²) in [6.07, 6.45) is 3.72. The second kappa shape index (κ2) is 9.13. The first-order chi connectivity index (χ1) is 14.7. The molecule has 0 saturated heterocycles. The van der Waals surface area contributed by atoms with E-state index in [0.29, 0.717) is 23.2 Å². The SMILES string of the molecule is CCCCc1nc(C)nc(Cl)c1Cc1ccc(-c2ccccc2)c(-c2nn[nH]n2)c1. The fourth-order valence-corrected chi connectivity index (χ4v) is 3.88. The van der Waals surface area contributed by atoms with Crippen LogP contribution in [-0.4, -0.2) is 30.6 Å². The number of halogens is 1. The third-order valence-electron chi connectivity index (χ3n) is 5.06. The minimum atomic E-state index is 0.529. The normalized spacial score (nSPS) is 11.0. The van der Waals surface area contributed by atoms with E-state index in [9.17, 15) is 0 Å². The van der Waals surface area contributed by atoms with Crippen molar-refractivity contribution in [2.24, 2.45) is 0 Å². The van der Waals surface area contributed by atoms with Gasteiger partial charge < -0.3 is 0 Å². The summed E-state index contributed by atoms with van der Waals surface area (Å²) in [5.41, 5.74) is 6.19. The van der Waals surface area contributed by atoms with E-state index in [4.69, 9.17) is 11.6 Å². The Labute approximate surface area is 180 Å². The lowest BCUT2D eigenvalue weighted by Gasteiger charge is -2.13. The van der Waals surface area contributed by atoms with Gasteiger partial charge in [-0.15, -0.1) is 10.2 Å². The molecule has 2 heterocycles. The molecule has 152 valence electrons. The van der Waals surface area contributed by atoms with Crippen LogP contribution in [0.25, 0.3) is 22.5 Å². The van der Waals surface area contributed by atoms with Gasteiger partial charge in [0.2, 0.25) is 5.82 Å². The monoisotopic (exact) mass is 418 g/mol. The first kappa shape index (κ1) is 20.2. The lowest BCUT2D eigenvalue weighted by atomic mass is 9.94. The van der Waals surface area contributed by atoms with E-state index in [1.807, 2.05) is 25.1 Å². The van der Waals surface area contributed by atoms with E-state index in [-0.39, 0.29) is 0 Å². The zero-order valence-corrected chi connectivity index (χ0v) is 17.8. The zero-order chi connectivity index (χ0) is 20.9. The molecule has 2 aromatic carbocycles. The molecule has 7 heteroatoms. The third kappa shape index (κ3) is 4.39. The Kier molecular flexibility index (Phi) is 6.14. The van der Waals surface area contributed by atoms with Crippen LogP contribution in [0.3, 0.4) is 0 Å². The van der Waals surface area contributed by atoms with Crippen LogP contribution in [0.15, 0.2) is 48.5 Å². The van der Waals surface area contributed by atoms with Crippen molar-refractivity contribution in [3.05, 3.63) is 76.3 Å². The molecule has 0 fully saturated rings. The number of rotatable bonds is 7. The number of aromatic amines is 1. The standard InChI is InChI=1S/C23H23ClN6/c1-3-4-10-21-20(22(24)26-15(2)25-21)14-16-11-12-18(17-8-6-5-7-9-17)19(13-16)23-27-29-30-28-23/h5-9,11-13H,3-4,10,14H2,1-2H3,(H,27,28,29,30). The van der Waals surface area contributed by atoms with Crippen LogP contribution in [-0.2, 0) is 12.8 Å². The molecule has 30 heavy (non-hydrogen) atoms. The van der Waals surface area contributed by atoms with E-state index in [0.717, 1.165) is 52.8 Å². The molecule has 1 N–H and O–H groups in total. The molecule has 0 bridgehead atoms. The predicted octanol–water partition coefficient (Wildman–Crippen LogP) is 5.22. The van der Waals surface area contributed by atoms with Crippen LogP contribution in [0.1, 0.15) is 42.4 Å². The number of hydrogen-bond acceptors (Lipinski definition) is 5. The summed E-state index contributed by atoms with van der Waals surface area (Å²) in [5, 5.41) is 15.2. The van der Waals surface area contributed by atoms with Gasteiger partial charge in [-0.05, 0) is 47.7 Å². The summed E-state index contributed by atoms with van der Waals surface area (Å²) in [6.45, 7) is 4.06. The number of nitrogens with zero attached hydrogens (tertiary/aromatic N) is 5. The van der Waals surface area contributed by atoms with Gasteiger partial charge in [-0.25, -0.2) is 9.97 Å². The Morgan fingerprint density at radius 3 is 2.57 bits per heavy atom. The van der Waals surface area contributed by atoms with Crippen LogP contribution >= 0.6 is 11.6 Å². The van der Waals surface area contributed by atoms with Gasteiger partial charge in [0, 0.05) is 23.2 Å². The molecule has 0 aliphatic rings. The number of benzene rings is 2. The fraction of sp³-hybridized carbons (Fsp3) is 0.261. The molecule has 6 nitrogen and oxygen atoms in total. The number of aryl methyl sites for hydroxylation is 2. The molecule has 4 aromatic rings. The van der Waals surface area contributed by atoms with E-state index in [1.54, 1.807) is 0 Å². The summed E-state index contributed by atoms with van der Waals surface area (Å²) in [5.74, 6) is 1.27. The number of H-pyrrole nitrogens is 1. The Bertz CT molecular complexity index is 1130. The number of unbranched alkanes of at least 4 members (excludes halogenated alkanes) is 1. The van der Waals surface area contributed by atoms with Crippen molar-refractivity contribution in [3.8, 4) is 22.5 Å². The molecular weight excluding hydrogens is 396 g/mol. The van der Waals surface area contributed by atoms with E-state index in [1.165, 1.54) is 0 Å². The first-order valence-electron chi connectivity index (χ1n) is 10.1. The van der Waals surface area contributed by atoms with Gasteiger partial charge in [0.05, 0.1) is 0 Å². The average Bonchev–Trinajstić information content (AvgIpc) is 3.30. The molecule has 0 radical (unpaired) electrons. The predicted molar refractivity (Wildman–Crippen MR) is 118 cm³/mol. The molecule has 0 aliphatic heterocycles. The van der Waals surface area contributed by atoms with E-state index < -0.39 is 0 Å². The van der Waals surface area contributed by atoms with Crippen molar-refractivity contribution < 1.29 is 0 Å². The second-order valence-electron chi connectivity index (χ2n) is 7.25. The summed E-state index contributed by atoms with van der Waals surface area (Å²) in [6, 6.07) is 16.5. The maximum atomic E-state index is 6.54. The first-order valence-corrected chi connectivity index (χ1v) is 10.5. The maximum Gasteiger partial charge on any atom is 0.205 e. The van der Waals surface area contributed by atoms with Crippen molar-refractivity contribution >= 4 is 11.6 Å². The number of tetrazole rings is 1. The summed E-state index contributed by atoms with van der Waals surface area (Å²) in [4.78, 5) is 9.06. The Morgan fingerprint density at radius 2 is 1.83 bits per heavy atom. The molecule has 0 spiro atoms. The molecule has 0 aliphatic carbocycles. The Morgan fingerprint density at radius 1 is 1.00 bits per heavy atom. The van der Waals surface area contributed by atoms with Crippen LogP contribution in [0.5, 0.6) is 0 Å². The molecular formula is C23H23ClN6. The van der Waals surface area contributed by atoms with Gasteiger partial charge in [0.15, 0.2) is 0 Å². The van der Waals surface area contributed by atoms with Gasteiger partial charge in [-0.2, -0.15) is 5.21 Å². The lowest BCUT2D eigenvalue weighted by Crippen LogP contribution is -2.05. The largest absolute Gasteiger partial charge is 0.238 e. The quantitative estimate of drug-likeness (QED) is 0.416. The van der Waals surface area contributed by atoms with Crippen molar-refractivity contribution in [3.63, 3.8) is 0 Å². The minimum Gasteiger partial charge on any atom is -0.238 e. The lowest BCUT2D eigenvalue weighted by molar-refractivity contribution is 0.757. The molecule has 0 atom stereocenters. The van der Waals surface area contributed by atoms with Crippen molar-refractivity contribution in [2.75, 3.05) is 0 Å². The molecule has 0 unspecified atom stereocenters. The van der Waals surface area contributed by atoms with Gasteiger partial charge in [0.1, 0.15) is 11.0 Å². The van der Waals surface area contributed by atoms with Crippen molar-refractivity contribution in [2.45, 2.75) is 39.5 Å². The highest BCUT2D eigenvalue weighted by molar-refractivity contribution is 6.30. The molecule has 0 saturated carbocycles. The second-order valence-corrected chi connectivity index (χ2v) is 7.61. The van der Waals surface area contributed by atoms with Crippen LogP contribution in [0, 0.1) is 6.92 Å². The number of nitrogens with one attached hydrogen (secondary N) is 1. The smallest absolute Gasteiger partial charge is 0.205 e. The van der Waals surface area contributed by atoms with Crippen LogP contribution in [0.4, 0.5) is 0 Å². The Hall–Kier alpha value is -3.12. The highest BCUT2D eigenvalue weighted by atomic mass is 35.5. The van der Waals surface area contributed by atoms with Crippen LogP contribution < -0.4 is 0 Å². The average molecular weight is 419 g/mol. The highest BCUT2D eigenvalue weighted by Crippen LogP contribution is 2.32. The van der Waals surface area contributed by atoms with Gasteiger partial charge in [-0.3, -0.25) is 0 Å². The minimum absolute atomic E-state index is 0.529. The van der Waals surface area contributed by atoms with Gasteiger partial charge in [0.25, 0.3) is 0 Å². The topological polar surface area (TPSA) is 80.2 Å². The Balaban J connectivity index is 1.76. The van der Waals surface area contributed by atoms with Gasteiger partial charge in [-0.1, -0.05) is 67.4 Å². The molecule has 0 amide bonds. The summed E-state index contributed by atoms with van der Waals surface area (Å²) in [7, 11) is 0. The van der Waals surface area contributed by atoms with E-state index in [2.05, 4.69) is 67.8 Å². The maximum absolute atomic E-state index is 6.54. The van der Waals surface area contributed by atoms with Gasteiger partial charge >= 0.3 is 0 Å². The highest BCUT2D eigenvalue weighted by Gasteiger charge is 2.16. The van der Waals surface area contributed by atoms with Crippen molar-refractivity contribution in [1.82, 2.24) is 30.6 Å². The molecule has 4 rings (SSSR count). The summed E-state index contributed by atoms with van der Waals surface area (Å²) >= 11 is 6.54. The summed E-state index contributed by atoms with van der Waals surface area (Å²) < 4.78 is 0. The number of hydrogen-bond donors (Lipinski definition) is 1. The van der Waals surface area contributed by atoms with E-state index >= 15 is 0 Å². The zero-order valence-electron chi connectivity index (χ0n) is 17.1. The third-order valence-corrected chi connectivity index (χ3v) is 5.37.